The average molecular weight is 737 g/mol. The maximum atomic E-state index is 6.51. The molecule has 0 atom stereocenters. The largest absolute Gasteiger partial charge is 0.500 e. The van der Waals surface area contributed by atoms with Crippen molar-refractivity contribution in [2.45, 2.75) is 33.1 Å². The van der Waals surface area contributed by atoms with Crippen molar-refractivity contribution in [3.05, 3.63) is 156 Å². The third kappa shape index (κ3) is 6.22. The van der Waals surface area contributed by atoms with Crippen LogP contribution in [0.15, 0.2) is 126 Å². The van der Waals surface area contributed by atoms with E-state index in [0.29, 0.717) is 0 Å². The average Bonchev–Trinajstić information content (AvgIpc) is 3.42. The molecule has 0 fully saturated rings. The van der Waals surface area contributed by atoms with Crippen LogP contribution in [0.2, 0.25) is 0 Å². The zero-order chi connectivity index (χ0) is 29.1. The molecule has 0 aliphatic rings. The second-order valence-corrected chi connectivity index (χ2v) is 11.1. The maximum Gasteiger partial charge on any atom is 0.125 e. The van der Waals surface area contributed by atoms with Crippen molar-refractivity contribution in [2.75, 3.05) is 0 Å². The summed E-state index contributed by atoms with van der Waals surface area (Å²) in [6.07, 6.45) is 3.68. The summed E-state index contributed by atoms with van der Waals surface area (Å²) in [5.41, 5.74) is 10.2. The first-order valence-electron chi connectivity index (χ1n) is 14.2. The monoisotopic (exact) mass is 737 g/mol. The molecule has 7 rings (SSSR count). The molecule has 0 N–H and O–H groups in total. The molecule has 3 nitrogen and oxygen atoms in total. The first-order valence-corrected chi connectivity index (χ1v) is 14.2. The zero-order valence-electron chi connectivity index (χ0n) is 24.7. The molecule has 0 aliphatic carbocycles. The quantitative estimate of drug-likeness (QED) is 0.169. The Hall–Kier alpha value is -4.37. The fourth-order valence-electron chi connectivity index (χ4n) is 5.26. The number of hydrogen-bond acceptors (Lipinski definition) is 3. The summed E-state index contributed by atoms with van der Waals surface area (Å²) in [7, 11) is 0. The molecule has 215 valence electrons. The Kier molecular flexibility index (Phi) is 9.01. The van der Waals surface area contributed by atoms with Gasteiger partial charge in [-0.1, -0.05) is 105 Å². The van der Waals surface area contributed by atoms with Gasteiger partial charge in [-0.05, 0) is 35.5 Å². The minimum Gasteiger partial charge on any atom is -0.500 e. The first kappa shape index (κ1) is 30.1. The standard InChI is InChI=1S/C26H20NO.C13H12N.Ir/c1-26(2,18-10-4-3-5-11-18)22-15-9-13-20-19-12-8-14-21(24(19)28-25(20)22)23-16-6-7-17-27-23;1-10-3-6-12(7-4-10)13-8-5-11(2)9-14-13;/h3-13,15-17H,1-2H3;3-6,8-9H,1-2H3;/q2*-1;. The molecule has 0 amide bonds. The van der Waals surface area contributed by atoms with Crippen LogP contribution in [0, 0.1) is 26.0 Å². The van der Waals surface area contributed by atoms with Crippen molar-refractivity contribution in [2.24, 2.45) is 0 Å². The molecular weight excluding hydrogens is 705 g/mol. The van der Waals surface area contributed by atoms with E-state index in [1.807, 2.05) is 55.6 Å². The predicted octanol–water partition coefficient (Wildman–Crippen LogP) is 9.94. The summed E-state index contributed by atoms with van der Waals surface area (Å²) in [5, 5.41) is 2.22. The summed E-state index contributed by atoms with van der Waals surface area (Å²) in [6, 6.07) is 43.7. The molecule has 0 unspecified atom stereocenters. The number of aromatic nitrogens is 2. The summed E-state index contributed by atoms with van der Waals surface area (Å²) in [4.78, 5) is 8.84. The van der Waals surface area contributed by atoms with Crippen molar-refractivity contribution < 1.29 is 24.5 Å². The van der Waals surface area contributed by atoms with Crippen molar-refractivity contribution in [3.63, 3.8) is 0 Å². The Bertz CT molecular complexity index is 1900. The van der Waals surface area contributed by atoms with Crippen molar-refractivity contribution in [3.8, 4) is 22.5 Å². The summed E-state index contributed by atoms with van der Waals surface area (Å²) < 4.78 is 6.51. The van der Waals surface area contributed by atoms with E-state index < -0.39 is 0 Å². The van der Waals surface area contributed by atoms with Crippen LogP contribution in [0.1, 0.15) is 36.1 Å². The number of para-hydroxylation sites is 1. The molecule has 43 heavy (non-hydrogen) atoms. The van der Waals surface area contributed by atoms with E-state index in [2.05, 4.69) is 110 Å². The third-order valence-electron chi connectivity index (χ3n) is 7.70. The van der Waals surface area contributed by atoms with E-state index in [0.717, 1.165) is 44.5 Å². The number of furan rings is 1. The molecule has 1 radical (unpaired) electrons. The van der Waals surface area contributed by atoms with Crippen LogP contribution in [0.3, 0.4) is 0 Å². The molecule has 0 aliphatic heterocycles. The van der Waals surface area contributed by atoms with E-state index in [9.17, 15) is 0 Å². The van der Waals surface area contributed by atoms with E-state index >= 15 is 0 Å². The van der Waals surface area contributed by atoms with Crippen LogP contribution >= 0.6 is 0 Å². The van der Waals surface area contributed by atoms with Gasteiger partial charge in [-0.2, -0.15) is 0 Å². The topological polar surface area (TPSA) is 38.9 Å². The van der Waals surface area contributed by atoms with Gasteiger partial charge in [0.2, 0.25) is 0 Å². The SMILES string of the molecule is CC(C)(c1ccccc1)c1cccc2c1oc1c(-c3ccccn3)[c-]ccc12.Cc1c[c-]c(-c2ccc(C)cn2)cc1.[Ir]. The van der Waals surface area contributed by atoms with Gasteiger partial charge in [0.15, 0.2) is 0 Å². The molecule has 0 spiro atoms. The van der Waals surface area contributed by atoms with E-state index in [4.69, 9.17) is 4.42 Å². The molecule has 4 aromatic carbocycles. The molecule has 3 heterocycles. The summed E-state index contributed by atoms with van der Waals surface area (Å²) in [5.74, 6) is 0. The Morgan fingerprint density at radius 1 is 0.651 bits per heavy atom. The maximum absolute atomic E-state index is 6.51. The number of fused-ring (bicyclic) bond motifs is 3. The van der Waals surface area contributed by atoms with Crippen molar-refractivity contribution in [1.29, 1.82) is 0 Å². The van der Waals surface area contributed by atoms with Gasteiger partial charge >= 0.3 is 0 Å². The fraction of sp³-hybridized carbons (Fsp3) is 0.128. The van der Waals surface area contributed by atoms with E-state index in [-0.39, 0.29) is 25.5 Å². The van der Waals surface area contributed by atoms with Gasteiger partial charge < -0.3 is 14.4 Å². The number of benzene rings is 4. The van der Waals surface area contributed by atoms with Crippen molar-refractivity contribution >= 4 is 21.9 Å². The molecule has 7 aromatic rings. The normalized spacial score (nSPS) is 11.1. The second-order valence-electron chi connectivity index (χ2n) is 11.1. The van der Waals surface area contributed by atoms with Gasteiger partial charge in [0.05, 0.1) is 5.58 Å². The molecular formula is C39H32IrN2O-2. The number of hydrogen-bond donors (Lipinski definition) is 0. The Morgan fingerprint density at radius 3 is 2.12 bits per heavy atom. The van der Waals surface area contributed by atoms with Crippen LogP contribution in [0.4, 0.5) is 0 Å². The third-order valence-corrected chi connectivity index (χ3v) is 7.70. The smallest absolute Gasteiger partial charge is 0.125 e. The molecule has 0 saturated heterocycles. The van der Waals surface area contributed by atoms with Crippen molar-refractivity contribution in [1.82, 2.24) is 9.97 Å². The number of pyridine rings is 2. The van der Waals surface area contributed by atoms with Crippen LogP contribution in [0.5, 0.6) is 0 Å². The molecule has 0 saturated carbocycles. The van der Waals surface area contributed by atoms with Gasteiger partial charge in [0.1, 0.15) is 5.58 Å². The van der Waals surface area contributed by atoms with Crippen LogP contribution in [-0.2, 0) is 25.5 Å². The first-order chi connectivity index (χ1) is 20.4. The second kappa shape index (κ2) is 12.9. The zero-order valence-corrected chi connectivity index (χ0v) is 27.1. The van der Waals surface area contributed by atoms with Crippen LogP contribution in [-0.4, -0.2) is 9.97 Å². The van der Waals surface area contributed by atoms with Gasteiger partial charge in [-0.3, -0.25) is 0 Å². The van der Waals surface area contributed by atoms with Gasteiger partial charge in [-0.15, -0.1) is 53.6 Å². The minimum absolute atomic E-state index is 0. The Balaban J connectivity index is 0.000000208. The Labute approximate surface area is 267 Å². The van der Waals surface area contributed by atoms with Crippen LogP contribution in [0.25, 0.3) is 44.5 Å². The number of aryl methyl sites for hydroxylation is 2. The molecule has 0 bridgehead atoms. The van der Waals surface area contributed by atoms with Crippen LogP contribution < -0.4 is 0 Å². The number of nitrogens with zero attached hydrogens (tertiary/aromatic N) is 2. The predicted molar refractivity (Wildman–Crippen MR) is 172 cm³/mol. The summed E-state index contributed by atoms with van der Waals surface area (Å²) >= 11 is 0. The van der Waals surface area contributed by atoms with Gasteiger partial charge in [0, 0.05) is 48.9 Å². The summed E-state index contributed by atoms with van der Waals surface area (Å²) in [6.45, 7) is 8.59. The van der Waals surface area contributed by atoms with E-state index in [1.165, 1.54) is 22.3 Å². The van der Waals surface area contributed by atoms with Gasteiger partial charge in [0.25, 0.3) is 0 Å². The van der Waals surface area contributed by atoms with E-state index in [1.54, 1.807) is 6.20 Å². The molecule has 4 heteroatoms. The minimum atomic E-state index is -0.177. The number of rotatable bonds is 4. The fourth-order valence-corrected chi connectivity index (χ4v) is 5.26. The van der Waals surface area contributed by atoms with Gasteiger partial charge in [-0.25, -0.2) is 0 Å². The molecule has 3 aromatic heterocycles. The Morgan fingerprint density at radius 2 is 1.42 bits per heavy atom.